The van der Waals surface area contributed by atoms with E-state index in [-0.39, 0.29) is 5.91 Å². The second kappa shape index (κ2) is 6.30. The van der Waals surface area contributed by atoms with Crippen molar-refractivity contribution in [1.82, 2.24) is 4.57 Å². The number of nitrogens with zero attached hydrogens (tertiary/aromatic N) is 1. The molecule has 2 aromatic carbocycles. The van der Waals surface area contributed by atoms with E-state index in [0.29, 0.717) is 16.3 Å². The number of rotatable bonds is 3. The number of hydrogen-bond donors (Lipinski definition) is 1. The summed E-state index contributed by atoms with van der Waals surface area (Å²) in [6.07, 6.45) is 0. The fourth-order valence-electron chi connectivity index (χ4n) is 2.77. The van der Waals surface area contributed by atoms with E-state index in [0.717, 1.165) is 27.9 Å². The lowest BCUT2D eigenvalue weighted by Gasteiger charge is -2.08. The van der Waals surface area contributed by atoms with Gasteiger partial charge in [0.15, 0.2) is 0 Å². The maximum Gasteiger partial charge on any atom is 0.262 e. The zero-order chi connectivity index (χ0) is 16.6. The van der Waals surface area contributed by atoms with Crippen LogP contribution in [0.25, 0.3) is 10.9 Å². The minimum Gasteiger partial charge on any atom is -0.497 e. The standard InChI is InChI=1S/C18H16ClNO2S/c1-11-16(10-23)15-9-14(22-2)7-8-17(15)20(11)18(21)12-3-5-13(19)6-4-12/h3-9,23H,10H2,1-2H3. The maximum atomic E-state index is 12.9. The normalized spacial score (nSPS) is 11.0. The van der Waals surface area contributed by atoms with E-state index in [4.69, 9.17) is 16.3 Å². The summed E-state index contributed by atoms with van der Waals surface area (Å²) in [5, 5.41) is 1.59. The van der Waals surface area contributed by atoms with E-state index >= 15 is 0 Å². The highest BCUT2D eigenvalue weighted by Crippen LogP contribution is 2.31. The van der Waals surface area contributed by atoms with Crippen molar-refractivity contribution in [3.63, 3.8) is 0 Å². The predicted molar refractivity (Wildman–Crippen MR) is 97.1 cm³/mol. The van der Waals surface area contributed by atoms with Crippen molar-refractivity contribution >= 4 is 41.0 Å². The third-order valence-corrected chi connectivity index (χ3v) is 4.56. The summed E-state index contributed by atoms with van der Waals surface area (Å²) >= 11 is 10.3. The molecule has 3 rings (SSSR count). The lowest BCUT2D eigenvalue weighted by Crippen LogP contribution is -2.13. The van der Waals surface area contributed by atoms with Crippen molar-refractivity contribution in [2.45, 2.75) is 12.7 Å². The van der Waals surface area contributed by atoms with E-state index in [1.54, 1.807) is 35.9 Å². The van der Waals surface area contributed by atoms with Gasteiger partial charge in [-0.3, -0.25) is 9.36 Å². The highest BCUT2D eigenvalue weighted by molar-refractivity contribution is 7.79. The Balaban J connectivity index is 2.22. The fourth-order valence-corrected chi connectivity index (χ4v) is 3.30. The average molecular weight is 346 g/mol. The number of fused-ring (bicyclic) bond motifs is 1. The van der Waals surface area contributed by atoms with Crippen LogP contribution in [0.1, 0.15) is 21.6 Å². The smallest absolute Gasteiger partial charge is 0.262 e. The Morgan fingerprint density at radius 1 is 1.22 bits per heavy atom. The molecule has 0 aliphatic carbocycles. The number of benzene rings is 2. The molecule has 5 heteroatoms. The maximum absolute atomic E-state index is 12.9. The first-order chi connectivity index (χ1) is 11.1. The van der Waals surface area contributed by atoms with E-state index in [9.17, 15) is 4.79 Å². The number of hydrogen-bond acceptors (Lipinski definition) is 3. The Labute approximate surface area is 145 Å². The molecule has 0 N–H and O–H groups in total. The largest absolute Gasteiger partial charge is 0.497 e. The summed E-state index contributed by atoms with van der Waals surface area (Å²) in [4.78, 5) is 12.9. The second-order valence-electron chi connectivity index (χ2n) is 5.25. The van der Waals surface area contributed by atoms with Gasteiger partial charge in [-0.05, 0) is 55.0 Å². The molecule has 3 nitrogen and oxygen atoms in total. The molecule has 0 atom stereocenters. The second-order valence-corrected chi connectivity index (χ2v) is 6.01. The molecule has 0 unspecified atom stereocenters. The molecule has 3 aromatic rings. The number of thiol groups is 1. The van der Waals surface area contributed by atoms with Crippen LogP contribution >= 0.6 is 24.2 Å². The molecule has 0 saturated heterocycles. The number of methoxy groups -OCH3 is 1. The van der Waals surface area contributed by atoms with E-state index in [2.05, 4.69) is 12.6 Å². The first kappa shape index (κ1) is 16.0. The van der Waals surface area contributed by atoms with Gasteiger partial charge in [-0.25, -0.2) is 0 Å². The van der Waals surface area contributed by atoms with Crippen LogP contribution in [0.4, 0.5) is 0 Å². The quantitative estimate of drug-likeness (QED) is 0.696. The summed E-state index contributed by atoms with van der Waals surface area (Å²) in [5.41, 5.74) is 3.37. The first-order valence-corrected chi connectivity index (χ1v) is 8.17. The summed E-state index contributed by atoms with van der Waals surface area (Å²) in [5.74, 6) is 1.23. The van der Waals surface area contributed by atoms with Crippen LogP contribution in [-0.2, 0) is 5.75 Å². The zero-order valence-electron chi connectivity index (χ0n) is 12.8. The third-order valence-electron chi connectivity index (χ3n) is 3.99. The van der Waals surface area contributed by atoms with E-state index < -0.39 is 0 Å². The zero-order valence-corrected chi connectivity index (χ0v) is 14.5. The van der Waals surface area contributed by atoms with Crippen molar-refractivity contribution in [3.05, 3.63) is 64.3 Å². The van der Waals surface area contributed by atoms with Gasteiger partial charge in [-0.1, -0.05) is 11.6 Å². The number of halogens is 1. The molecule has 23 heavy (non-hydrogen) atoms. The Morgan fingerprint density at radius 2 is 1.91 bits per heavy atom. The summed E-state index contributed by atoms with van der Waals surface area (Å²) in [6.45, 7) is 1.94. The molecular formula is C18H16ClNO2S. The van der Waals surface area contributed by atoms with Crippen LogP contribution in [0.5, 0.6) is 5.75 Å². The van der Waals surface area contributed by atoms with Gasteiger partial charge in [-0.2, -0.15) is 12.6 Å². The van der Waals surface area contributed by atoms with Gasteiger partial charge in [0.1, 0.15) is 5.75 Å². The van der Waals surface area contributed by atoms with Crippen LogP contribution in [0.2, 0.25) is 5.02 Å². The molecule has 0 aliphatic heterocycles. The summed E-state index contributed by atoms with van der Waals surface area (Å²) < 4.78 is 7.02. The van der Waals surface area contributed by atoms with Crippen molar-refractivity contribution < 1.29 is 9.53 Å². The van der Waals surface area contributed by atoms with Gasteiger partial charge in [-0.15, -0.1) is 0 Å². The monoisotopic (exact) mass is 345 g/mol. The van der Waals surface area contributed by atoms with Crippen molar-refractivity contribution in [1.29, 1.82) is 0 Å². The van der Waals surface area contributed by atoms with Crippen LogP contribution in [-0.4, -0.2) is 17.6 Å². The number of carbonyl (C=O) groups is 1. The van der Waals surface area contributed by atoms with Crippen LogP contribution in [0, 0.1) is 6.92 Å². The van der Waals surface area contributed by atoms with Gasteiger partial charge in [0.25, 0.3) is 5.91 Å². The number of aromatic nitrogens is 1. The molecule has 1 aromatic heterocycles. The first-order valence-electron chi connectivity index (χ1n) is 7.16. The van der Waals surface area contributed by atoms with Gasteiger partial charge >= 0.3 is 0 Å². The minimum absolute atomic E-state index is 0.0811. The van der Waals surface area contributed by atoms with Crippen molar-refractivity contribution in [2.24, 2.45) is 0 Å². The molecule has 118 valence electrons. The van der Waals surface area contributed by atoms with Gasteiger partial charge in [0.2, 0.25) is 0 Å². The minimum atomic E-state index is -0.0811. The molecule has 0 amide bonds. The lowest BCUT2D eigenvalue weighted by atomic mass is 10.1. The number of carbonyl (C=O) groups excluding carboxylic acids is 1. The Morgan fingerprint density at radius 3 is 2.52 bits per heavy atom. The van der Waals surface area contributed by atoms with Crippen LogP contribution in [0.3, 0.4) is 0 Å². The molecule has 0 spiro atoms. The molecule has 0 bridgehead atoms. The highest BCUT2D eigenvalue weighted by atomic mass is 35.5. The Hall–Kier alpha value is -1.91. The summed E-state index contributed by atoms with van der Waals surface area (Å²) in [7, 11) is 1.63. The van der Waals surface area contributed by atoms with Crippen molar-refractivity contribution in [2.75, 3.05) is 7.11 Å². The molecule has 0 radical (unpaired) electrons. The van der Waals surface area contributed by atoms with Gasteiger partial charge in [0.05, 0.1) is 12.6 Å². The van der Waals surface area contributed by atoms with Gasteiger partial charge < -0.3 is 4.74 Å². The fraction of sp³-hybridized carbons (Fsp3) is 0.167. The number of ether oxygens (including phenoxy) is 1. The predicted octanol–water partition coefficient (Wildman–Crippen LogP) is 4.73. The third kappa shape index (κ3) is 2.73. The molecule has 0 saturated carbocycles. The van der Waals surface area contributed by atoms with Crippen LogP contribution in [0.15, 0.2) is 42.5 Å². The van der Waals surface area contributed by atoms with E-state index in [1.165, 1.54) is 0 Å². The average Bonchev–Trinajstić information content (AvgIpc) is 2.85. The lowest BCUT2D eigenvalue weighted by molar-refractivity contribution is 0.0963. The molecular weight excluding hydrogens is 330 g/mol. The Kier molecular flexibility index (Phi) is 4.37. The molecule has 1 heterocycles. The Bertz CT molecular complexity index is 884. The molecule has 0 fully saturated rings. The summed E-state index contributed by atoms with van der Waals surface area (Å²) in [6, 6.07) is 12.6. The topological polar surface area (TPSA) is 31.2 Å². The van der Waals surface area contributed by atoms with Crippen molar-refractivity contribution in [3.8, 4) is 5.75 Å². The molecule has 0 aliphatic rings. The highest BCUT2D eigenvalue weighted by Gasteiger charge is 2.19. The van der Waals surface area contributed by atoms with Gasteiger partial charge in [0, 0.05) is 27.4 Å². The van der Waals surface area contributed by atoms with E-state index in [1.807, 2.05) is 25.1 Å². The van der Waals surface area contributed by atoms with Crippen LogP contribution < -0.4 is 4.74 Å². The SMILES string of the molecule is COc1ccc2c(c1)c(CS)c(C)n2C(=O)c1ccc(Cl)cc1.